The number of thiophene rings is 1. The van der Waals surface area contributed by atoms with E-state index in [-0.39, 0.29) is 5.97 Å². The Morgan fingerprint density at radius 2 is 2.56 bits per heavy atom. The van der Waals surface area contributed by atoms with Gasteiger partial charge >= 0.3 is 5.97 Å². The summed E-state index contributed by atoms with van der Waals surface area (Å²) >= 11 is 1.50. The van der Waals surface area contributed by atoms with E-state index in [2.05, 4.69) is 4.98 Å². The fourth-order valence-corrected chi connectivity index (χ4v) is 2.25. The van der Waals surface area contributed by atoms with Crippen LogP contribution in [-0.2, 0) is 9.53 Å². The quantitative estimate of drug-likeness (QED) is 0.766. The highest BCUT2D eigenvalue weighted by atomic mass is 32.1. The van der Waals surface area contributed by atoms with Crippen LogP contribution in [0, 0.1) is 0 Å². The first-order valence-electron chi connectivity index (χ1n) is 4.91. The van der Waals surface area contributed by atoms with E-state index < -0.39 is 5.92 Å². The van der Waals surface area contributed by atoms with Crippen molar-refractivity contribution in [2.45, 2.75) is 12.8 Å². The number of hydrogen-bond donors (Lipinski definition) is 0. The molecule has 0 aromatic carbocycles. The molecule has 0 amide bonds. The van der Waals surface area contributed by atoms with E-state index in [9.17, 15) is 4.79 Å². The molecule has 16 heavy (non-hydrogen) atoms. The summed E-state index contributed by atoms with van der Waals surface area (Å²) in [5.74, 6) is -0.766. The summed E-state index contributed by atoms with van der Waals surface area (Å²) in [6.07, 6.45) is 2.79. The van der Waals surface area contributed by atoms with E-state index >= 15 is 0 Å². The molecular formula is C11H11NO3S. The van der Waals surface area contributed by atoms with Crippen LogP contribution in [0.15, 0.2) is 34.6 Å². The molecule has 0 aliphatic carbocycles. The molecule has 0 radical (unpaired) electrons. The second-order valence-electron chi connectivity index (χ2n) is 3.11. The maximum Gasteiger partial charge on any atom is 0.320 e. The maximum atomic E-state index is 11.8. The normalized spacial score (nSPS) is 12.3. The highest BCUT2D eigenvalue weighted by Crippen LogP contribution is 2.28. The van der Waals surface area contributed by atoms with Crippen molar-refractivity contribution in [3.05, 3.63) is 40.7 Å². The minimum atomic E-state index is -0.473. The Bertz CT molecular complexity index is 402. The topological polar surface area (TPSA) is 52.3 Å². The summed E-state index contributed by atoms with van der Waals surface area (Å²) < 4.78 is 9.95. The average molecular weight is 237 g/mol. The molecule has 0 saturated carbocycles. The lowest BCUT2D eigenvalue weighted by atomic mass is 10.1. The van der Waals surface area contributed by atoms with Crippen molar-refractivity contribution in [1.82, 2.24) is 4.98 Å². The van der Waals surface area contributed by atoms with Crippen molar-refractivity contribution in [3.63, 3.8) is 0 Å². The fourth-order valence-electron chi connectivity index (χ4n) is 1.43. The van der Waals surface area contributed by atoms with Crippen molar-refractivity contribution in [1.29, 1.82) is 0 Å². The van der Waals surface area contributed by atoms with Gasteiger partial charge in [0.1, 0.15) is 12.2 Å². The molecular weight excluding hydrogens is 226 g/mol. The van der Waals surface area contributed by atoms with E-state index in [1.807, 2.05) is 17.5 Å². The van der Waals surface area contributed by atoms with Crippen LogP contribution in [-0.4, -0.2) is 17.6 Å². The SMILES string of the molecule is CCOC(=O)C(c1cocn1)c1cccs1. The molecule has 2 heterocycles. The number of carbonyl (C=O) groups is 1. The lowest BCUT2D eigenvalue weighted by Gasteiger charge is -2.10. The van der Waals surface area contributed by atoms with E-state index in [1.165, 1.54) is 24.0 Å². The highest BCUT2D eigenvalue weighted by Gasteiger charge is 2.27. The Balaban J connectivity index is 2.31. The minimum Gasteiger partial charge on any atom is -0.465 e. The van der Waals surface area contributed by atoms with Crippen LogP contribution in [0.25, 0.3) is 0 Å². The van der Waals surface area contributed by atoms with Gasteiger partial charge in [0.25, 0.3) is 0 Å². The van der Waals surface area contributed by atoms with Gasteiger partial charge in [-0.05, 0) is 18.4 Å². The van der Waals surface area contributed by atoms with Gasteiger partial charge in [-0.3, -0.25) is 4.79 Å². The number of nitrogens with zero attached hydrogens (tertiary/aromatic N) is 1. The molecule has 2 aromatic rings. The Morgan fingerprint density at radius 1 is 1.69 bits per heavy atom. The molecule has 1 atom stereocenters. The summed E-state index contributed by atoms with van der Waals surface area (Å²) in [7, 11) is 0. The van der Waals surface area contributed by atoms with Crippen LogP contribution in [0.5, 0.6) is 0 Å². The number of oxazole rings is 1. The van der Waals surface area contributed by atoms with E-state index in [0.29, 0.717) is 12.3 Å². The average Bonchev–Trinajstić information content (AvgIpc) is 2.91. The zero-order chi connectivity index (χ0) is 11.4. The van der Waals surface area contributed by atoms with Gasteiger partial charge in [-0.1, -0.05) is 6.07 Å². The standard InChI is InChI=1S/C11H11NO3S/c1-2-15-11(13)10(8-6-14-7-12-8)9-4-3-5-16-9/h3-7,10H,2H2,1H3. The third-order valence-electron chi connectivity index (χ3n) is 2.10. The predicted molar refractivity (Wildman–Crippen MR) is 59.3 cm³/mol. The van der Waals surface area contributed by atoms with E-state index in [4.69, 9.17) is 9.15 Å². The molecule has 1 unspecified atom stereocenters. The largest absolute Gasteiger partial charge is 0.465 e. The Morgan fingerprint density at radius 3 is 3.12 bits per heavy atom. The lowest BCUT2D eigenvalue weighted by molar-refractivity contribution is -0.143. The summed E-state index contributed by atoms with van der Waals surface area (Å²) in [4.78, 5) is 16.8. The monoisotopic (exact) mass is 237 g/mol. The summed E-state index contributed by atoms with van der Waals surface area (Å²) in [5.41, 5.74) is 0.584. The number of esters is 1. The van der Waals surface area contributed by atoms with Gasteiger partial charge in [0.05, 0.1) is 12.3 Å². The molecule has 2 aromatic heterocycles. The molecule has 84 valence electrons. The van der Waals surface area contributed by atoms with Gasteiger partial charge in [0.15, 0.2) is 6.39 Å². The number of rotatable bonds is 4. The van der Waals surface area contributed by atoms with Crippen LogP contribution >= 0.6 is 11.3 Å². The molecule has 0 aliphatic heterocycles. The number of aromatic nitrogens is 1. The van der Waals surface area contributed by atoms with Crippen LogP contribution in [0.3, 0.4) is 0 Å². The van der Waals surface area contributed by atoms with Crippen LogP contribution in [0.4, 0.5) is 0 Å². The Labute approximate surface area is 96.9 Å². The van der Waals surface area contributed by atoms with Crippen molar-refractivity contribution in [2.24, 2.45) is 0 Å². The molecule has 5 heteroatoms. The summed E-state index contributed by atoms with van der Waals surface area (Å²) in [6, 6.07) is 3.78. The first-order chi connectivity index (χ1) is 7.83. The molecule has 4 nitrogen and oxygen atoms in total. The molecule has 0 bridgehead atoms. The zero-order valence-corrected chi connectivity index (χ0v) is 9.57. The predicted octanol–water partition coefficient (Wildman–Crippen LogP) is 2.43. The van der Waals surface area contributed by atoms with Gasteiger partial charge in [-0.15, -0.1) is 11.3 Å². The van der Waals surface area contributed by atoms with Gasteiger partial charge in [-0.2, -0.15) is 0 Å². The Hall–Kier alpha value is -1.62. The third-order valence-corrected chi connectivity index (χ3v) is 3.03. The number of carbonyl (C=O) groups excluding carboxylic acids is 1. The first-order valence-corrected chi connectivity index (χ1v) is 5.79. The minimum absolute atomic E-state index is 0.293. The molecule has 0 saturated heterocycles. The van der Waals surface area contributed by atoms with Gasteiger partial charge in [0, 0.05) is 4.88 Å². The van der Waals surface area contributed by atoms with E-state index in [0.717, 1.165) is 4.88 Å². The molecule has 0 N–H and O–H groups in total. The van der Waals surface area contributed by atoms with Gasteiger partial charge in [-0.25, -0.2) is 4.98 Å². The molecule has 0 aliphatic rings. The molecule has 0 fully saturated rings. The van der Waals surface area contributed by atoms with Crippen molar-refractivity contribution >= 4 is 17.3 Å². The fraction of sp³-hybridized carbons (Fsp3) is 0.273. The number of ether oxygens (including phenoxy) is 1. The smallest absolute Gasteiger partial charge is 0.320 e. The molecule has 0 spiro atoms. The summed E-state index contributed by atoms with van der Waals surface area (Å²) in [6.45, 7) is 2.14. The third kappa shape index (κ3) is 2.14. The van der Waals surface area contributed by atoms with Gasteiger partial charge < -0.3 is 9.15 Å². The van der Waals surface area contributed by atoms with Gasteiger partial charge in [0.2, 0.25) is 0 Å². The maximum absolute atomic E-state index is 11.8. The van der Waals surface area contributed by atoms with Crippen LogP contribution in [0.2, 0.25) is 0 Å². The molecule has 2 rings (SSSR count). The highest BCUT2D eigenvalue weighted by molar-refractivity contribution is 7.10. The Kier molecular flexibility index (Phi) is 3.36. The second kappa shape index (κ2) is 4.94. The van der Waals surface area contributed by atoms with Crippen LogP contribution < -0.4 is 0 Å². The van der Waals surface area contributed by atoms with E-state index in [1.54, 1.807) is 6.92 Å². The van der Waals surface area contributed by atoms with Crippen molar-refractivity contribution in [2.75, 3.05) is 6.61 Å². The second-order valence-corrected chi connectivity index (χ2v) is 4.09. The zero-order valence-electron chi connectivity index (χ0n) is 8.75. The van der Waals surface area contributed by atoms with Crippen molar-refractivity contribution < 1.29 is 13.9 Å². The number of hydrogen-bond acceptors (Lipinski definition) is 5. The lowest BCUT2D eigenvalue weighted by Crippen LogP contribution is -2.16. The van der Waals surface area contributed by atoms with Crippen LogP contribution in [0.1, 0.15) is 23.4 Å². The first kappa shape index (κ1) is 10.9. The summed E-state index contributed by atoms with van der Waals surface area (Å²) in [5, 5.41) is 1.92. The van der Waals surface area contributed by atoms with Crippen molar-refractivity contribution in [3.8, 4) is 0 Å².